The number of aromatic nitrogens is 3. The molecule has 0 aliphatic carbocycles. The van der Waals surface area contributed by atoms with E-state index in [4.69, 9.17) is 27.9 Å². The van der Waals surface area contributed by atoms with E-state index in [1.54, 1.807) is 16.8 Å². The molecule has 2 aromatic rings. The molecule has 3 heterocycles. The maximum absolute atomic E-state index is 6.29. The Hall–Kier alpha value is -0.880. The van der Waals surface area contributed by atoms with Crippen molar-refractivity contribution in [3.05, 3.63) is 28.1 Å². The van der Waals surface area contributed by atoms with Gasteiger partial charge in [0.05, 0.1) is 18.9 Å². The van der Waals surface area contributed by atoms with E-state index in [1.165, 1.54) is 0 Å². The van der Waals surface area contributed by atoms with E-state index < -0.39 is 0 Å². The van der Waals surface area contributed by atoms with Crippen LogP contribution in [0.2, 0.25) is 10.2 Å². The van der Waals surface area contributed by atoms with Crippen molar-refractivity contribution in [1.29, 1.82) is 0 Å². The molecule has 96 valence electrons. The van der Waals surface area contributed by atoms with Gasteiger partial charge in [-0.05, 0) is 6.07 Å². The molecular weight excluding hydrogens is 275 g/mol. The molecule has 0 atom stereocenters. The van der Waals surface area contributed by atoms with Gasteiger partial charge >= 0.3 is 0 Å². The Labute approximate surface area is 114 Å². The van der Waals surface area contributed by atoms with E-state index in [2.05, 4.69) is 15.0 Å². The molecule has 1 saturated heterocycles. The number of ether oxygens (including phenoxy) is 1. The lowest BCUT2D eigenvalue weighted by Gasteiger charge is -2.25. The minimum Gasteiger partial charge on any atom is -0.379 e. The van der Waals surface area contributed by atoms with Crippen LogP contribution in [-0.2, 0) is 11.3 Å². The first-order valence-electron chi connectivity index (χ1n) is 5.73. The van der Waals surface area contributed by atoms with Crippen LogP contribution in [0.5, 0.6) is 0 Å². The number of halogens is 2. The van der Waals surface area contributed by atoms with Crippen LogP contribution in [0.25, 0.3) is 5.65 Å². The molecule has 7 heteroatoms. The molecule has 1 aliphatic rings. The summed E-state index contributed by atoms with van der Waals surface area (Å²) < 4.78 is 6.97. The smallest absolute Gasteiger partial charge is 0.175 e. The van der Waals surface area contributed by atoms with Gasteiger partial charge < -0.3 is 4.74 Å². The van der Waals surface area contributed by atoms with Crippen molar-refractivity contribution in [2.45, 2.75) is 6.54 Å². The second-order valence-electron chi connectivity index (χ2n) is 4.17. The van der Waals surface area contributed by atoms with Crippen LogP contribution in [0.4, 0.5) is 0 Å². The van der Waals surface area contributed by atoms with Crippen LogP contribution in [0.3, 0.4) is 0 Å². The Balaban J connectivity index is 1.89. The van der Waals surface area contributed by atoms with E-state index in [0.717, 1.165) is 32.0 Å². The van der Waals surface area contributed by atoms with Gasteiger partial charge in [-0.2, -0.15) is 5.10 Å². The predicted molar refractivity (Wildman–Crippen MR) is 69.1 cm³/mol. The maximum Gasteiger partial charge on any atom is 0.175 e. The fourth-order valence-electron chi connectivity index (χ4n) is 2.00. The quantitative estimate of drug-likeness (QED) is 0.791. The number of nitrogens with zero attached hydrogens (tertiary/aromatic N) is 4. The molecule has 0 saturated carbocycles. The summed E-state index contributed by atoms with van der Waals surface area (Å²) in [5, 5.41) is 5.42. The van der Waals surface area contributed by atoms with Crippen molar-refractivity contribution in [3.8, 4) is 0 Å². The highest BCUT2D eigenvalue weighted by atomic mass is 35.5. The van der Waals surface area contributed by atoms with Crippen LogP contribution in [-0.4, -0.2) is 45.8 Å². The zero-order valence-corrected chi connectivity index (χ0v) is 11.2. The number of hydrogen-bond acceptors (Lipinski definition) is 4. The highest BCUT2D eigenvalue weighted by Gasteiger charge is 2.17. The van der Waals surface area contributed by atoms with Crippen LogP contribution in [0.1, 0.15) is 5.69 Å². The molecule has 18 heavy (non-hydrogen) atoms. The molecule has 0 spiro atoms. The molecule has 5 nitrogen and oxygen atoms in total. The molecule has 2 aromatic heterocycles. The van der Waals surface area contributed by atoms with Gasteiger partial charge in [0.1, 0.15) is 10.2 Å². The van der Waals surface area contributed by atoms with Crippen LogP contribution < -0.4 is 0 Å². The number of hydrogen-bond donors (Lipinski definition) is 0. The molecule has 1 fully saturated rings. The molecular formula is C11H12Cl2N4O. The van der Waals surface area contributed by atoms with Crippen molar-refractivity contribution in [1.82, 2.24) is 19.5 Å². The largest absolute Gasteiger partial charge is 0.379 e. The standard InChI is InChI=1S/C11H12Cl2N4O/c12-9-1-2-17-11(14-9)10(13)8(15-17)7-16-3-5-18-6-4-16/h1-2H,3-7H2. The summed E-state index contributed by atoms with van der Waals surface area (Å²) in [4.78, 5) is 6.44. The Kier molecular flexibility index (Phi) is 3.39. The Bertz CT molecular complexity index is 565. The molecule has 0 aromatic carbocycles. The molecule has 0 radical (unpaired) electrons. The van der Waals surface area contributed by atoms with E-state index in [-0.39, 0.29) is 0 Å². The summed E-state index contributed by atoms with van der Waals surface area (Å²) >= 11 is 12.1. The van der Waals surface area contributed by atoms with Gasteiger partial charge in [-0.1, -0.05) is 23.2 Å². The minimum atomic E-state index is 0.419. The SMILES string of the molecule is Clc1ccn2nc(CN3CCOCC3)c(Cl)c2n1. The van der Waals surface area contributed by atoms with E-state index >= 15 is 0 Å². The lowest BCUT2D eigenvalue weighted by atomic mass is 10.3. The Morgan fingerprint density at radius 3 is 2.83 bits per heavy atom. The number of morpholine rings is 1. The molecule has 0 amide bonds. The zero-order valence-electron chi connectivity index (χ0n) is 9.64. The minimum absolute atomic E-state index is 0.419. The lowest BCUT2D eigenvalue weighted by Crippen LogP contribution is -2.35. The average molecular weight is 287 g/mol. The monoisotopic (exact) mass is 286 g/mol. The highest BCUT2D eigenvalue weighted by Crippen LogP contribution is 2.23. The molecule has 1 aliphatic heterocycles. The van der Waals surface area contributed by atoms with Crippen molar-refractivity contribution < 1.29 is 4.74 Å². The molecule has 3 rings (SSSR count). The zero-order chi connectivity index (χ0) is 12.5. The predicted octanol–water partition coefficient (Wildman–Crippen LogP) is 1.87. The molecule has 0 N–H and O–H groups in total. The third kappa shape index (κ3) is 2.31. The fourth-order valence-corrected chi connectivity index (χ4v) is 2.36. The van der Waals surface area contributed by atoms with Gasteiger partial charge in [0.25, 0.3) is 0 Å². The third-order valence-corrected chi connectivity index (χ3v) is 3.54. The van der Waals surface area contributed by atoms with Crippen molar-refractivity contribution >= 4 is 28.8 Å². The fraction of sp³-hybridized carbons (Fsp3) is 0.455. The third-order valence-electron chi connectivity index (χ3n) is 2.94. The van der Waals surface area contributed by atoms with Gasteiger partial charge in [0, 0.05) is 25.8 Å². The number of rotatable bonds is 2. The number of fused-ring (bicyclic) bond motifs is 1. The second kappa shape index (κ2) is 5.01. The second-order valence-corrected chi connectivity index (χ2v) is 4.93. The Morgan fingerprint density at radius 2 is 2.06 bits per heavy atom. The van der Waals surface area contributed by atoms with E-state index in [9.17, 15) is 0 Å². The van der Waals surface area contributed by atoms with Crippen molar-refractivity contribution in [3.63, 3.8) is 0 Å². The van der Waals surface area contributed by atoms with Crippen LogP contribution in [0, 0.1) is 0 Å². The molecule has 0 unspecified atom stereocenters. The van der Waals surface area contributed by atoms with Gasteiger partial charge in [-0.3, -0.25) is 4.90 Å². The van der Waals surface area contributed by atoms with Gasteiger partial charge in [0.2, 0.25) is 0 Å². The van der Waals surface area contributed by atoms with Crippen molar-refractivity contribution in [2.75, 3.05) is 26.3 Å². The average Bonchev–Trinajstić information content (AvgIpc) is 2.68. The van der Waals surface area contributed by atoms with E-state index in [0.29, 0.717) is 22.4 Å². The summed E-state index contributed by atoms with van der Waals surface area (Å²) in [6.07, 6.45) is 1.76. The first-order valence-corrected chi connectivity index (χ1v) is 6.49. The van der Waals surface area contributed by atoms with Gasteiger partial charge in [0.15, 0.2) is 5.65 Å². The van der Waals surface area contributed by atoms with E-state index in [1.807, 2.05) is 0 Å². The first kappa shape index (κ1) is 12.2. The molecule has 0 bridgehead atoms. The maximum atomic E-state index is 6.29. The summed E-state index contributed by atoms with van der Waals surface area (Å²) in [5.41, 5.74) is 1.43. The van der Waals surface area contributed by atoms with Crippen molar-refractivity contribution in [2.24, 2.45) is 0 Å². The van der Waals surface area contributed by atoms with Crippen LogP contribution >= 0.6 is 23.2 Å². The first-order chi connectivity index (χ1) is 8.74. The summed E-state index contributed by atoms with van der Waals surface area (Å²) in [5.74, 6) is 0. The normalized spacial score (nSPS) is 17.4. The summed E-state index contributed by atoms with van der Waals surface area (Å²) in [7, 11) is 0. The Morgan fingerprint density at radius 1 is 1.28 bits per heavy atom. The topological polar surface area (TPSA) is 42.7 Å². The lowest BCUT2D eigenvalue weighted by molar-refractivity contribution is 0.0336. The highest BCUT2D eigenvalue weighted by molar-refractivity contribution is 6.34. The van der Waals surface area contributed by atoms with Gasteiger partial charge in [-0.25, -0.2) is 9.50 Å². The summed E-state index contributed by atoms with van der Waals surface area (Å²) in [6, 6.07) is 1.69. The van der Waals surface area contributed by atoms with Gasteiger partial charge in [-0.15, -0.1) is 0 Å². The van der Waals surface area contributed by atoms with Crippen LogP contribution in [0.15, 0.2) is 12.3 Å². The summed E-state index contributed by atoms with van der Waals surface area (Å²) in [6.45, 7) is 4.03.